The molecule has 1 rings (SSSR count). The lowest BCUT2D eigenvalue weighted by Gasteiger charge is -2.27. The normalized spacial score (nSPS) is 13.0. The topological polar surface area (TPSA) is 66.6 Å². The molecule has 4 nitrogen and oxygen atoms in total. The first-order valence-electron chi connectivity index (χ1n) is 5.86. The van der Waals surface area contributed by atoms with Crippen molar-refractivity contribution in [3.63, 3.8) is 0 Å². The number of aliphatic hydroxyl groups is 1. The predicted molar refractivity (Wildman–Crippen MR) is 72.3 cm³/mol. The lowest BCUT2D eigenvalue weighted by atomic mass is 10.1. The van der Waals surface area contributed by atoms with Gasteiger partial charge in [-0.25, -0.2) is 0 Å². The molecule has 0 radical (unpaired) electrons. The molecule has 1 amide bonds. The van der Waals surface area contributed by atoms with Gasteiger partial charge >= 0.3 is 0 Å². The van der Waals surface area contributed by atoms with E-state index in [1.165, 1.54) is 0 Å². The Bertz CT molecular complexity index is 410. The maximum atomic E-state index is 11.0. The van der Waals surface area contributed by atoms with E-state index in [-0.39, 0.29) is 12.6 Å². The van der Waals surface area contributed by atoms with Crippen LogP contribution in [0.4, 0.5) is 0 Å². The van der Waals surface area contributed by atoms with Gasteiger partial charge in [0.1, 0.15) is 0 Å². The largest absolute Gasteiger partial charge is 0.387 e. The quantitative estimate of drug-likeness (QED) is 0.825. The summed E-state index contributed by atoms with van der Waals surface area (Å²) in [6.07, 6.45) is -0.736. The first-order chi connectivity index (χ1) is 8.41. The number of nitrogens with zero attached hydrogens (tertiary/aromatic N) is 1. The summed E-state index contributed by atoms with van der Waals surface area (Å²) in [6, 6.07) is 7.25. The molecule has 0 aromatic heterocycles. The van der Waals surface area contributed by atoms with Gasteiger partial charge in [-0.3, -0.25) is 9.69 Å². The molecule has 18 heavy (non-hydrogen) atoms. The third-order valence-corrected chi connectivity index (χ3v) is 3.11. The number of carbonyl (C=O) groups is 1. The molecular formula is C13H19ClN2O2. The SMILES string of the molecule is CC(C)N(CC(N)=O)CC(O)c1ccccc1Cl. The van der Waals surface area contributed by atoms with E-state index in [0.29, 0.717) is 17.1 Å². The smallest absolute Gasteiger partial charge is 0.231 e. The van der Waals surface area contributed by atoms with E-state index in [1.54, 1.807) is 12.1 Å². The van der Waals surface area contributed by atoms with Crippen molar-refractivity contribution in [1.82, 2.24) is 4.90 Å². The zero-order valence-corrected chi connectivity index (χ0v) is 11.4. The number of aliphatic hydroxyl groups excluding tert-OH is 1. The van der Waals surface area contributed by atoms with Gasteiger partial charge in [0, 0.05) is 23.2 Å². The van der Waals surface area contributed by atoms with Crippen LogP contribution in [0.3, 0.4) is 0 Å². The number of halogens is 1. The second-order valence-electron chi connectivity index (χ2n) is 4.53. The van der Waals surface area contributed by atoms with Crippen LogP contribution < -0.4 is 5.73 Å². The van der Waals surface area contributed by atoms with Gasteiger partial charge in [0.25, 0.3) is 0 Å². The van der Waals surface area contributed by atoms with Gasteiger partial charge in [-0.05, 0) is 19.9 Å². The molecule has 1 aromatic rings. The van der Waals surface area contributed by atoms with E-state index >= 15 is 0 Å². The Labute approximate surface area is 112 Å². The van der Waals surface area contributed by atoms with Crippen molar-refractivity contribution in [3.05, 3.63) is 34.9 Å². The third kappa shape index (κ3) is 4.29. The molecule has 3 N–H and O–H groups in total. The predicted octanol–water partition coefficient (Wildman–Crippen LogP) is 1.57. The highest BCUT2D eigenvalue weighted by molar-refractivity contribution is 6.31. The van der Waals surface area contributed by atoms with E-state index in [9.17, 15) is 9.90 Å². The number of primary amides is 1. The van der Waals surface area contributed by atoms with Crippen LogP contribution >= 0.6 is 11.6 Å². The van der Waals surface area contributed by atoms with Crippen LogP contribution in [0.5, 0.6) is 0 Å². The monoisotopic (exact) mass is 270 g/mol. The number of benzene rings is 1. The van der Waals surface area contributed by atoms with Gasteiger partial charge in [0.15, 0.2) is 0 Å². The van der Waals surface area contributed by atoms with Crippen LogP contribution in [0, 0.1) is 0 Å². The molecule has 0 fully saturated rings. The fraction of sp³-hybridized carbons (Fsp3) is 0.462. The van der Waals surface area contributed by atoms with Gasteiger partial charge in [-0.1, -0.05) is 29.8 Å². The van der Waals surface area contributed by atoms with E-state index in [1.807, 2.05) is 30.9 Å². The van der Waals surface area contributed by atoms with Gasteiger partial charge in [0.05, 0.1) is 12.6 Å². The molecule has 0 saturated carbocycles. The van der Waals surface area contributed by atoms with Crippen LogP contribution in [0.1, 0.15) is 25.5 Å². The summed E-state index contributed by atoms with van der Waals surface area (Å²) in [5.41, 5.74) is 5.85. The number of amides is 1. The number of nitrogens with two attached hydrogens (primary N) is 1. The van der Waals surface area contributed by atoms with Gasteiger partial charge in [0.2, 0.25) is 5.91 Å². The highest BCUT2D eigenvalue weighted by Gasteiger charge is 2.19. The van der Waals surface area contributed by atoms with Gasteiger partial charge in [-0.2, -0.15) is 0 Å². The first-order valence-corrected chi connectivity index (χ1v) is 6.24. The van der Waals surface area contributed by atoms with Crippen molar-refractivity contribution < 1.29 is 9.90 Å². The van der Waals surface area contributed by atoms with Gasteiger partial charge in [-0.15, -0.1) is 0 Å². The van der Waals surface area contributed by atoms with Crippen LogP contribution in [-0.4, -0.2) is 35.0 Å². The average Bonchev–Trinajstić information content (AvgIpc) is 2.27. The summed E-state index contributed by atoms with van der Waals surface area (Å²) in [6.45, 7) is 4.34. The molecule has 0 aliphatic carbocycles. The van der Waals surface area contributed by atoms with Crippen LogP contribution in [0.25, 0.3) is 0 Å². The molecule has 0 spiro atoms. The summed E-state index contributed by atoms with van der Waals surface area (Å²) in [4.78, 5) is 12.8. The second-order valence-corrected chi connectivity index (χ2v) is 4.93. The summed E-state index contributed by atoms with van der Waals surface area (Å²) in [5.74, 6) is -0.407. The van der Waals surface area contributed by atoms with Crippen molar-refractivity contribution >= 4 is 17.5 Å². The van der Waals surface area contributed by atoms with Crippen LogP contribution in [-0.2, 0) is 4.79 Å². The molecule has 0 bridgehead atoms. The van der Waals surface area contributed by atoms with Gasteiger partial charge < -0.3 is 10.8 Å². The molecule has 0 heterocycles. The average molecular weight is 271 g/mol. The second kappa shape index (κ2) is 6.73. The minimum atomic E-state index is -0.736. The molecule has 0 saturated heterocycles. The molecule has 1 unspecified atom stereocenters. The Morgan fingerprint density at radius 1 is 1.44 bits per heavy atom. The Balaban J connectivity index is 2.75. The lowest BCUT2D eigenvalue weighted by molar-refractivity contribution is -0.119. The number of rotatable bonds is 6. The summed E-state index contributed by atoms with van der Waals surface area (Å²) >= 11 is 6.02. The minimum absolute atomic E-state index is 0.120. The van der Waals surface area contributed by atoms with Crippen LogP contribution in [0.15, 0.2) is 24.3 Å². The minimum Gasteiger partial charge on any atom is -0.387 e. The highest BCUT2D eigenvalue weighted by Crippen LogP contribution is 2.23. The maximum absolute atomic E-state index is 11.0. The van der Waals surface area contributed by atoms with Crippen molar-refractivity contribution in [1.29, 1.82) is 0 Å². The molecule has 5 heteroatoms. The zero-order chi connectivity index (χ0) is 13.7. The Morgan fingerprint density at radius 2 is 2.06 bits per heavy atom. The number of hydrogen-bond donors (Lipinski definition) is 2. The summed E-state index contributed by atoms with van der Waals surface area (Å²) in [5, 5.41) is 10.7. The lowest BCUT2D eigenvalue weighted by Crippen LogP contribution is -2.40. The van der Waals surface area contributed by atoms with E-state index in [4.69, 9.17) is 17.3 Å². The molecule has 0 aliphatic heterocycles. The van der Waals surface area contributed by atoms with Crippen molar-refractivity contribution in [2.24, 2.45) is 5.73 Å². The Morgan fingerprint density at radius 3 is 2.56 bits per heavy atom. The maximum Gasteiger partial charge on any atom is 0.231 e. The molecular weight excluding hydrogens is 252 g/mol. The van der Waals surface area contributed by atoms with Crippen molar-refractivity contribution in [2.45, 2.75) is 26.0 Å². The Hall–Kier alpha value is -1.10. The van der Waals surface area contributed by atoms with E-state index < -0.39 is 12.0 Å². The fourth-order valence-electron chi connectivity index (χ4n) is 1.72. The molecule has 0 aliphatic rings. The molecule has 100 valence electrons. The highest BCUT2D eigenvalue weighted by atomic mass is 35.5. The van der Waals surface area contributed by atoms with Crippen LogP contribution in [0.2, 0.25) is 5.02 Å². The van der Waals surface area contributed by atoms with E-state index in [0.717, 1.165) is 0 Å². The third-order valence-electron chi connectivity index (χ3n) is 2.76. The molecule has 1 atom stereocenters. The van der Waals surface area contributed by atoms with E-state index in [2.05, 4.69) is 0 Å². The Kier molecular flexibility index (Phi) is 5.59. The standard InChI is InChI=1S/C13H19ClN2O2/c1-9(2)16(8-13(15)18)7-12(17)10-5-3-4-6-11(10)14/h3-6,9,12,17H,7-8H2,1-2H3,(H2,15,18). The van der Waals surface area contributed by atoms with Crippen molar-refractivity contribution in [3.8, 4) is 0 Å². The summed E-state index contributed by atoms with van der Waals surface area (Å²) in [7, 11) is 0. The first kappa shape index (κ1) is 15.0. The summed E-state index contributed by atoms with van der Waals surface area (Å²) < 4.78 is 0. The number of carbonyl (C=O) groups excluding carboxylic acids is 1. The zero-order valence-electron chi connectivity index (χ0n) is 10.6. The fourth-order valence-corrected chi connectivity index (χ4v) is 1.99. The van der Waals surface area contributed by atoms with Crippen molar-refractivity contribution in [2.75, 3.05) is 13.1 Å². The number of hydrogen-bond acceptors (Lipinski definition) is 3. The molecule has 1 aromatic carbocycles.